The minimum atomic E-state index is -4.96. The van der Waals surface area contributed by atoms with Crippen LogP contribution in [0.15, 0.2) is 22.7 Å². The molecule has 6 fully saturated rings. The Bertz CT molecular complexity index is 1410. The zero-order chi connectivity index (χ0) is 34.8. The Balaban J connectivity index is 1.28. The summed E-state index contributed by atoms with van der Waals surface area (Å²) in [6.07, 6.45) is -8.23. The fourth-order valence-electron chi connectivity index (χ4n) is 10.3. The first-order valence-corrected chi connectivity index (χ1v) is 18.7. The van der Waals surface area contributed by atoms with Crippen LogP contribution in [0.5, 0.6) is 0 Å². The molecule has 12 atom stereocenters. The lowest BCUT2D eigenvalue weighted by molar-refractivity contribution is -0.557. The molecule has 4 unspecified atom stereocenters. The average molecular weight is 713 g/mol. The Kier molecular flexibility index (Phi) is 8.27. The molecule has 272 valence electrons. The first-order chi connectivity index (χ1) is 22.2. The average Bonchev–Trinajstić information content (AvgIpc) is 3.28. The molecule has 6 heterocycles. The van der Waals surface area contributed by atoms with Crippen molar-refractivity contribution in [3.8, 4) is 0 Å². The van der Waals surface area contributed by atoms with Crippen molar-refractivity contribution in [2.45, 2.75) is 135 Å². The molecule has 0 amide bonds. The second kappa shape index (κ2) is 11.3. The van der Waals surface area contributed by atoms with E-state index >= 15 is 0 Å². The summed E-state index contributed by atoms with van der Waals surface area (Å²) in [4.78, 5) is 11.7. The highest BCUT2D eigenvalue weighted by Gasteiger charge is 2.70. The standard InChI is InChI=1S/C34H46F6O7S/c1-17-9-13-30(5)23(26(34(38,39)40)42-27-24(30)19(17)10-12-29(3,4)44-27)16-48(41)15-20-22-8-7-18(2)21-11-14-31(6)45-28(32(21,22)47-46-31)43-25(20)33(35,36)37/h17-19,21-22,24,27-28H,7-16H2,1-6H3/t17-,18-,19?,21?,22+,24+,27-,28-,30+,31?,32-,48?/m1/s1. The molecule has 8 rings (SSSR count). The van der Waals surface area contributed by atoms with Crippen LogP contribution in [0, 0.1) is 40.9 Å². The Morgan fingerprint density at radius 1 is 0.771 bits per heavy atom. The third-order valence-corrected chi connectivity index (χ3v) is 14.1. The van der Waals surface area contributed by atoms with E-state index in [1.165, 1.54) is 0 Å². The maximum Gasteiger partial charge on any atom is 0.449 e. The lowest BCUT2D eigenvalue weighted by atomic mass is 9.54. The van der Waals surface area contributed by atoms with Gasteiger partial charge < -0.3 is 18.9 Å². The summed E-state index contributed by atoms with van der Waals surface area (Å²) in [5.74, 6) is -6.43. The Morgan fingerprint density at radius 3 is 2.17 bits per heavy atom. The van der Waals surface area contributed by atoms with Gasteiger partial charge in [0.1, 0.15) is 0 Å². The molecule has 0 aromatic carbocycles. The largest absolute Gasteiger partial charge is 0.459 e. The van der Waals surface area contributed by atoms with Crippen LogP contribution in [-0.4, -0.2) is 57.6 Å². The van der Waals surface area contributed by atoms with Crippen molar-refractivity contribution in [2.24, 2.45) is 40.9 Å². The van der Waals surface area contributed by atoms with Gasteiger partial charge >= 0.3 is 12.4 Å². The molecule has 48 heavy (non-hydrogen) atoms. The molecule has 0 N–H and O–H groups in total. The van der Waals surface area contributed by atoms with E-state index in [2.05, 4.69) is 6.92 Å². The van der Waals surface area contributed by atoms with E-state index in [0.29, 0.717) is 38.5 Å². The number of rotatable bonds is 4. The molecule has 7 nitrogen and oxygen atoms in total. The van der Waals surface area contributed by atoms with E-state index in [1.54, 1.807) is 13.8 Å². The van der Waals surface area contributed by atoms with E-state index in [1.807, 2.05) is 20.8 Å². The Morgan fingerprint density at radius 2 is 1.48 bits per heavy atom. The van der Waals surface area contributed by atoms with Crippen LogP contribution in [-0.2, 0) is 39.5 Å². The number of alkyl halides is 6. The Hall–Kier alpha value is -1.35. The molecule has 8 aliphatic rings. The highest BCUT2D eigenvalue weighted by molar-refractivity contribution is 7.85. The molecule has 6 aliphatic heterocycles. The highest BCUT2D eigenvalue weighted by atomic mass is 32.2. The maximum atomic E-state index is 14.8. The van der Waals surface area contributed by atoms with E-state index in [0.717, 1.165) is 6.42 Å². The van der Waals surface area contributed by atoms with Crippen molar-refractivity contribution in [3.63, 3.8) is 0 Å². The fourth-order valence-corrected chi connectivity index (χ4v) is 11.9. The molecule has 2 saturated carbocycles. The van der Waals surface area contributed by atoms with Crippen LogP contribution in [0.4, 0.5) is 26.3 Å². The molecular weight excluding hydrogens is 666 g/mol. The first kappa shape index (κ1) is 35.1. The van der Waals surface area contributed by atoms with Gasteiger partial charge in [-0.15, -0.1) is 0 Å². The van der Waals surface area contributed by atoms with Crippen molar-refractivity contribution in [1.29, 1.82) is 0 Å². The topological polar surface area (TPSA) is 72.5 Å². The van der Waals surface area contributed by atoms with Crippen LogP contribution in [0.25, 0.3) is 0 Å². The predicted octanol–water partition coefficient (Wildman–Crippen LogP) is 8.23. The minimum Gasteiger partial charge on any atom is -0.459 e. The predicted molar refractivity (Wildman–Crippen MR) is 161 cm³/mol. The van der Waals surface area contributed by atoms with Gasteiger partial charge in [-0.1, -0.05) is 20.8 Å². The van der Waals surface area contributed by atoms with Crippen LogP contribution >= 0.6 is 0 Å². The third-order valence-electron chi connectivity index (χ3n) is 12.8. The number of hydrogen-bond donors (Lipinski definition) is 0. The molecule has 4 saturated heterocycles. The van der Waals surface area contributed by atoms with Crippen LogP contribution in [0.3, 0.4) is 0 Å². The van der Waals surface area contributed by atoms with Gasteiger partial charge in [-0.25, -0.2) is 9.78 Å². The molecule has 0 aromatic heterocycles. The summed E-state index contributed by atoms with van der Waals surface area (Å²) < 4.78 is 127. The van der Waals surface area contributed by atoms with Crippen molar-refractivity contribution in [1.82, 2.24) is 0 Å². The molecule has 0 radical (unpaired) electrons. The van der Waals surface area contributed by atoms with Gasteiger partial charge in [0, 0.05) is 51.9 Å². The number of fused-ring (bicyclic) bond motifs is 2. The number of allylic oxidation sites excluding steroid dienone is 2. The second-order valence-corrected chi connectivity index (χ2v) is 17.8. The van der Waals surface area contributed by atoms with E-state index in [-0.39, 0.29) is 41.2 Å². The summed E-state index contributed by atoms with van der Waals surface area (Å²) in [7, 11) is -2.21. The number of ether oxygens (including phenoxy) is 4. The van der Waals surface area contributed by atoms with Gasteiger partial charge in [0.25, 0.3) is 0 Å². The Labute approximate surface area is 279 Å². The van der Waals surface area contributed by atoms with Crippen molar-refractivity contribution in [2.75, 3.05) is 11.5 Å². The molecule has 0 aromatic rings. The zero-order valence-electron chi connectivity index (χ0n) is 28.2. The van der Waals surface area contributed by atoms with E-state index < -0.39 is 93.0 Å². The number of hydrogen-bond acceptors (Lipinski definition) is 7. The smallest absolute Gasteiger partial charge is 0.449 e. The molecule has 2 aliphatic carbocycles. The summed E-state index contributed by atoms with van der Waals surface area (Å²) in [5, 5.41) is 0. The summed E-state index contributed by atoms with van der Waals surface area (Å²) in [6.45, 7) is 11.2. The fraction of sp³-hybridized carbons (Fsp3) is 0.882. The van der Waals surface area contributed by atoms with Gasteiger partial charge in [0.2, 0.25) is 29.9 Å². The molecule has 1 spiro atoms. The molecule has 14 heteroatoms. The van der Waals surface area contributed by atoms with Gasteiger partial charge in [0.15, 0.2) is 5.60 Å². The lowest BCUT2D eigenvalue weighted by Gasteiger charge is -2.57. The van der Waals surface area contributed by atoms with Gasteiger partial charge in [-0.05, 0) is 94.6 Å². The van der Waals surface area contributed by atoms with Crippen LogP contribution in [0.2, 0.25) is 0 Å². The summed E-state index contributed by atoms with van der Waals surface area (Å²) in [6, 6.07) is 0. The van der Waals surface area contributed by atoms with E-state index in [9.17, 15) is 30.6 Å². The van der Waals surface area contributed by atoms with Crippen LogP contribution in [0.1, 0.15) is 92.9 Å². The monoisotopic (exact) mass is 712 g/mol. The summed E-state index contributed by atoms with van der Waals surface area (Å²) in [5.41, 5.74) is -3.63. The minimum absolute atomic E-state index is 0.00148. The zero-order valence-corrected chi connectivity index (χ0v) is 29.0. The highest BCUT2D eigenvalue weighted by Crippen LogP contribution is 2.63. The lowest BCUT2D eigenvalue weighted by Crippen LogP contribution is -2.67. The van der Waals surface area contributed by atoms with Crippen molar-refractivity contribution >= 4 is 10.8 Å². The van der Waals surface area contributed by atoms with E-state index in [4.69, 9.17) is 28.7 Å². The maximum absolute atomic E-state index is 14.8. The first-order valence-electron chi connectivity index (χ1n) is 17.2. The van der Waals surface area contributed by atoms with Gasteiger partial charge in [-0.3, -0.25) is 4.21 Å². The van der Waals surface area contributed by atoms with Gasteiger partial charge in [0.05, 0.1) is 5.60 Å². The second-order valence-electron chi connectivity index (χ2n) is 16.4. The third kappa shape index (κ3) is 5.48. The SMILES string of the molecule is C[C@@H]1CC[C@@]2(C)C(CS(=O)CC3=C(C(F)(F)F)O[C@@H]4OC5(C)CCC6[C@H](C)CC[C@@H]3[C@]64OO5)=C(C(F)(F)F)O[C@@H]3OC(C)(C)CCC1[C@@H]32. The van der Waals surface area contributed by atoms with Crippen molar-refractivity contribution in [3.05, 3.63) is 22.7 Å². The number of halogens is 6. The van der Waals surface area contributed by atoms with Crippen LogP contribution < -0.4 is 0 Å². The quantitative estimate of drug-likeness (QED) is 0.215. The molecule has 2 bridgehead atoms. The van der Waals surface area contributed by atoms with Gasteiger partial charge in [-0.2, -0.15) is 26.3 Å². The molecular formula is C34H46F6O7S. The summed E-state index contributed by atoms with van der Waals surface area (Å²) >= 11 is 0. The normalized spacial score (nSPS) is 46.1. The van der Waals surface area contributed by atoms with Crippen molar-refractivity contribution < 1.29 is 59.3 Å².